The molecule has 2 aromatic carbocycles. The van der Waals surface area contributed by atoms with Crippen molar-refractivity contribution in [3.63, 3.8) is 0 Å². The highest BCUT2D eigenvalue weighted by Crippen LogP contribution is 2.25. The molecule has 1 amide bonds. The van der Waals surface area contributed by atoms with Crippen molar-refractivity contribution in [2.75, 3.05) is 0 Å². The van der Waals surface area contributed by atoms with E-state index < -0.39 is 0 Å². The van der Waals surface area contributed by atoms with Crippen molar-refractivity contribution in [2.45, 2.75) is 13.0 Å². The summed E-state index contributed by atoms with van der Waals surface area (Å²) >= 11 is 11.9. The first-order valence-electron chi connectivity index (χ1n) is 7.14. The highest BCUT2D eigenvalue weighted by atomic mass is 35.5. The van der Waals surface area contributed by atoms with Crippen LogP contribution >= 0.6 is 23.2 Å². The van der Waals surface area contributed by atoms with E-state index in [1.165, 1.54) is 11.0 Å². The Balaban J connectivity index is 1.77. The van der Waals surface area contributed by atoms with Gasteiger partial charge in [-0.1, -0.05) is 35.3 Å². The van der Waals surface area contributed by atoms with Crippen molar-refractivity contribution in [1.29, 1.82) is 0 Å². The van der Waals surface area contributed by atoms with Crippen molar-refractivity contribution in [1.82, 2.24) is 25.5 Å². The molecule has 8 heteroatoms. The number of hydrogen-bond donors (Lipinski definition) is 1. The van der Waals surface area contributed by atoms with E-state index in [0.717, 1.165) is 5.56 Å². The number of nitrogens with one attached hydrogen (secondary N) is 1. The Hall–Kier alpha value is -2.44. The van der Waals surface area contributed by atoms with Gasteiger partial charge in [-0.25, -0.2) is 4.68 Å². The number of nitrogens with zero attached hydrogens (tertiary/aromatic N) is 4. The summed E-state index contributed by atoms with van der Waals surface area (Å²) in [5.41, 5.74) is 2.08. The number of halogens is 2. The van der Waals surface area contributed by atoms with Crippen LogP contribution in [0.15, 0.2) is 48.8 Å². The molecule has 1 atom stereocenters. The molecule has 24 heavy (non-hydrogen) atoms. The van der Waals surface area contributed by atoms with Gasteiger partial charge in [0.05, 0.1) is 21.8 Å². The van der Waals surface area contributed by atoms with E-state index >= 15 is 0 Å². The SMILES string of the molecule is CC(NC(=O)c1cccc(-n2cnnn2)c1)c1ccc(Cl)c(Cl)c1. The van der Waals surface area contributed by atoms with Crippen molar-refractivity contribution >= 4 is 29.1 Å². The lowest BCUT2D eigenvalue weighted by Gasteiger charge is -2.15. The number of tetrazole rings is 1. The maximum absolute atomic E-state index is 12.5. The van der Waals surface area contributed by atoms with Crippen LogP contribution in [0.4, 0.5) is 0 Å². The molecule has 1 aromatic heterocycles. The third-order valence-corrected chi connectivity index (χ3v) is 4.25. The summed E-state index contributed by atoms with van der Waals surface area (Å²) in [7, 11) is 0. The van der Waals surface area contributed by atoms with Crippen molar-refractivity contribution in [2.24, 2.45) is 0 Å². The summed E-state index contributed by atoms with van der Waals surface area (Å²) < 4.78 is 1.49. The van der Waals surface area contributed by atoms with Gasteiger partial charge in [-0.2, -0.15) is 0 Å². The van der Waals surface area contributed by atoms with Gasteiger partial charge in [0.1, 0.15) is 6.33 Å². The molecule has 0 aliphatic rings. The molecule has 1 N–H and O–H groups in total. The first kappa shape index (κ1) is 16.4. The third kappa shape index (κ3) is 3.55. The molecule has 0 saturated carbocycles. The van der Waals surface area contributed by atoms with Gasteiger partial charge >= 0.3 is 0 Å². The van der Waals surface area contributed by atoms with E-state index in [1.54, 1.807) is 30.3 Å². The fourth-order valence-electron chi connectivity index (χ4n) is 2.21. The summed E-state index contributed by atoms with van der Waals surface area (Å²) in [5.74, 6) is -0.205. The van der Waals surface area contributed by atoms with E-state index in [1.807, 2.05) is 19.1 Å². The topological polar surface area (TPSA) is 72.7 Å². The van der Waals surface area contributed by atoms with Gasteiger partial charge in [-0.15, -0.1) is 5.10 Å². The monoisotopic (exact) mass is 361 g/mol. The minimum Gasteiger partial charge on any atom is -0.346 e. The molecule has 3 aromatic rings. The Kier molecular flexibility index (Phi) is 4.78. The molecule has 0 radical (unpaired) electrons. The smallest absolute Gasteiger partial charge is 0.251 e. The summed E-state index contributed by atoms with van der Waals surface area (Å²) in [4.78, 5) is 12.5. The quantitative estimate of drug-likeness (QED) is 0.772. The maximum Gasteiger partial charge on any atom is 0.251 e. The minimum atomic E-state index is -0.219. The van der Waals surface area contributed by atoms with E-state index in [9.17, 15) is 4.79 Å². The Bertz CT molecular complexity index is 867. The molecule has 0 fully saturated rings. The molecule has 1 heterocycles. The van der Waals surface area contributed by atoms with E-state index in [4.69, 9.17) is 23.2 Å². The fourth-order valence-corrected chi connectivity index (χ4v) is 2.52. The number of carbonyl (C=O) groups excluding carboxylic acids is 1. The lowest BCUT2D eigenvalue weighted by atomic mass is 10.1. The van der Waals surface area contributed by atoms with Gasteiger partial charge in [-0.05, 0) is 53.2 Å². The molecule has 0 bridgehead atoms. The molecule has 0 saturated heterocycles. The Labute approximate surface area is 148 Å². The average Bonchev–Trinajstić information content (AvgIpc) is 3.12. The number of rotatable bonds is 4. The molecular weight excluding hydrogens is 349 g/mol. The number of benzene rings is 2. The van der Waals surface area contributed by atoms with Crippen LogP contribution in [0.25, 0.3) is 5.69 Å². The second-order valence-corrected chi connectivity index (χ2v) is 5.99. The predicted octanol–water partition coefficient (Wildman–Crippen LogP) is 3.46. The summed E-state index contributed by atoms with van der Waals surface area (Å²) in [6.07, 6.45) is 1.47. The van der Waals surface area contributed by atoms with Crippen LogP contribution in [0.3, 0.4) is 0 Å². The number of hydrogen-bond acceptors (Lipinski definition) is 4. The Morgan fingerprint density at radius 1 is 1.17 bits per heavy atom. The number of aromatic nitrogens is 4. The molecule has 122 valence electrons. The maximum atomic E-state index is 12.5. The lowest BCUT2D eigenvalue weighted by Crippen LogP contribution is -2.26. The van der Waals surface area contributed by atoms with Crippen LogP contribution < -0.4 is 5.32 Å². The fraction of sp³-hybridized carbons (Fsp3) is 0.125. The highest BCUT2D eigenvalue weighted by Gasteiger charge is 2.13. The van der Waals surface area contributed by atoms with Crippen LogP contribution in [0, 0.1) is 0 Å². The van der Waals surface area contributed by atoms with Crippen LogP contribution in [0.2, 0.25) is 10.0 Å². The standard InChI is InChI=1S/C16H13Cl2N5O/c1-10(11-5-6-14(17)15(18)8-11)20-16(24)12-3-2-4-13(7-12)23-9-19-21-22-23/h2-10H,1H3,(H,20,24). The predicted molar refractivity (Wildman–Crippen MR) is 91.5 cm³/mol. The highest BCUT2D eigenvalue weighted by molar-refractivity contribution is 6.42. The third-order valence-electron chi connectivity index (χ3n) is 3.51. The molecule has 6 nitrogen and oxygen atoms in total. The molecular formula is C16H13Cl2N5O. The lowest BCUT2D eigenvalue weighted by molar-refractivity contribution is 0.0940. The second kappa shape index (κ2) is 6.98. The normalized spacial score (nSPS) is 12.0. The molecule has 3 rings (SSSR count). The average molecular weight is 362 g/mol. The van der Waals surface area contributed by atoms with Crippen LogP contribution in [0.1, 0.15) is 28.9 Å². The summed E-state index contributed by atoms with van der Waals surface area (Å²) in [6.45, 7) is 1.88. The Morgan fingerprint density at radius 3 is 2.71 bits per heavy atom. The van der Waals surface area contributed by atoms with Crippen LogP contribution in [0.5, 0.6) is 0 Å². The zero-order valence-electron chi connectivity index (χ0n) is 12.6. The van der Waals surface area contributed by atoms with E-state index in [2.05, 4.69) is 20.8 Å². The van der Waals surface area contributed by atoms with Crippen LogP contribution in [-0.4, -0.2) is 26.1 Å². The van der Waals surface area contributed by atoms with Crippen molar-refractivity contribution in [3.8, 4) is 5.69 Å². The number of amides is 1. The molecule has 0 aliphatic heterocycles. The van der Waals surface area contributed by atoms with E-state index in [0.29, 0.717) is 21.3 Å². The van der Waals surface area contributed by atoms with E-state index in [-0.39, 0.29) is 11.9 Å². The van der Waals surface area contributed by atoms with Gasteiger partial charge in [0.25, 0.3) is 5.91 Å². The summed E-state index contributed by atoms with van der Waals surface area (Å²) in [5, 5.41) is 14.8. The van der Waals surface area contributed by atoms with Gasteiger partial charge in [-0.3, -0.25) is 4.79 Å². The van der Waals surface area contributed by atoms with Gasteiger partial charge < -0.3 is 5.32 Å². The van der Waals surface area contributed by atoms with Crippen molar-refractivity contribution < 1.29 is 4.79 Å². The van der Waals surface area contributed by atoms with Gasteiger partial charge in [0.2, 0.25) is 0 Å². The Morgan fingerprint density at radius 2 is 2.00 bits per heavy atom. The van der Waals surface area contributed by atoms with Crippen molar-refractivity contribution in [3.05, 3.63) is 70.0 Å². The van der Waals surface area contributed by atoms with Gasteiger partial charge in [0.15, 0.2) is 0 Å². The molecule has 1 unspecified atom stereocenters. The first-order valence-corrected chi connectivity index (χ1v) is 7.89. The zero-order valence-corrected chi connectivity index (χ0v) is 14.2. The summed E-state index contributed by atoms with van der Waals surface area (Å²) in [6, 6.07) is 12.1. The number of carbonyl (C=O) groups is 1. The second-order valence-electron chi connectivity index (χ2n) is 5.17. The zero-order chi connectivity index (χ0) is 17.1. The molecule has 0 aliphatic carbocycles. The van der Waals surface area contributed by atoms with Gasteiger partial charge in [0, 0.05) is 5.56 Å². The first-order chi connectivity index (χ1) is 11.5. The molecule has 0 spiro atoms. The van der Waals surface area contributed by atoms with Crippen LogP contribution in [-0.2, 0) is 0 Å². The largest absolute Gasteiger partial charge is 0.346 e. The minimum absolute atomic E-state index is 0.205.